The summed E-state index contributed by atoms with van der Waals surface area (Å²) in [5.74, 6) is 0.257. The Labute approximate surface area is 114 Å². The van der Waals surface area contributed by atoms with E-state index >= 15 is 0 Å². The quantitative estimate of drug-likeness (QED) is 0.871. The van der Waals surface area contributed by atoms with Crippen LogP contribution in [0.2, 0.25) is 5.02 Å². The minimum absolute atomic E-state index is 0.0634. The molecule has 1 aromatic carbocycles. The van der Waals surface area contributed by atoms with E-state index in [2.05, 4.69) is 21.2 Å². The predicted octanol–water partition coefficient (Wildman–Crippen LogP) is 1.94. The number of hydrogen-bond donors (Lipinski definition) is 2. The van der Waals surface area contributed by atoms with Crippen molar-refractivity contribution in [2.75, 3.05) is 13.2 Å². The van der Waals surface area contributed by atoms with Gasteiger partial charge in [-0.25, -0.2) is 0 Å². The molecule has 0 saturated carbocycles. The first-order valence-corrected chi connectivity index (χ1v) is 6.27. The van der Waals surface area contributed by atoms with Gasteiger partial charge in [0.25, 0.3) is 5.91 Å². The van der Waals surface area contributed by atoms with Crippen molar-refractivity contribution in [3.8, 4) is 5.75 Å². The summed E-state index contributed by atoms with van der Waals surface area (Å²) in [5.41, 5.74) is 5.39. The van der Waals surface area contributed by atoms with Crippen LogP contribution in [0.1, 0.15) is 6.92 Å². The van der Waals surface area contributed by atoms with Gasteiger partial charge in [0.2, 0.25) is 0 Å². The van der Waals surface area contributed by atoms with Gasteiger partial charge in [0, 0.05) is 17.1 Å². The second-order valence-electron chi connectivity index (χ2n) is 3.57. The number of nitrogens with one attached hydrogen (secondary N) is 1. The predicted molar refractivity (Wildman–Crippen MR) is 71.3 cm³/mol. The molecular weight excluding hydrogens is 307 g/mol. The standard InChI is InChI=1S/C11H14BrClN2O2/c1-7(5-14)15-11(16)6-17-10-3-2-8(12)4-9(10)13/h2-4,7H,5-6,14H2,1H3,(H,15,16)/t7-/m0/s1. The van der Waals surface area contributed by atoms with Crippen molar-refractivity contribution in [2.24, 2.45) is 5.73 Å². The lowest BCUT2D eigenvalue weighted by molar-refractivity contribution is -0.123. The number of benzene rings is 1. The van der Waals surface area contributed by atoms with Gasteiger partial charge < -0.3 is 15.8 Å². The third-order valence-electron chi connectivity index (χ3n) is 2.01. The summed E-state index contributed by atoms with van der Waals surface area (Å²) < 4.78 is 6.15. The van der Waals surface area contributed by atoms with Crippen molar-refractivity contribution in [1.82, 2.24) is 5.32 Å². The average Bonchev–Trinajstić information content (AvgIpc) is 2.27. The number of amides is 1. The van der Waals surface area contributed by atoms with E-state index in [-0.39, 0.29) is 18.6 Å². The Morgan fingerprint density at radius 2 is 2.35 bits per heavy atom. The maximum Gasteiger partial charge on any atom is 0.258 e. The van der Waals surface area contributed by atoms with Gasteiger partial charge in [0.1, 0.15) is 5.75 Å². The Morgan fingerprint density at radius 3 is 2.94 bits per heavy atom. The van der Waals surface area contributed by atoms with E-state index in [9.17, 15) is 4.79 Å². The van der Waals surface area contributed by atoms with E-state index < -0.39 is 0 Å². The van der Waals surface area contributed by atoms with Crippen LogP contribution in [0.4, 0.5) is 0 Å². The third-order valence-corrected chi connectivity index (χ3v) is 2.80. The molecule has 1 amide bonds. The first kappa shape index (κ1) is 14.3. The molecule has 0 radical (unpaired) electrons. The van der Waals surface area contributed by atoms with Crippen LogP contribution in [0.15, 0.2) is 22.7 Å². The Bertz CT molecular complexity index is 401. The van der Waals surface area contributed by atoms with Gasteiger partial charge in [-0.2, -0.15) is 0 Å². The lowest BCUT2D eigenvalue weighted by atomic mass is 10.3. The molecule has 6 heteroatoms. The minimum atomic E-state index is -0.220. The van der Waals surface area contributed by atoms with Crippen LogP contribution in [-0.2, 0) is 4.79 Å². The first-order valence-electron chi connectivity index (χ1n) is 5.10. The van der Waals surface area contributed by atoms with Gasteiger partial charge in [-0.05, 0) is 25.1 Å². The zero-order chi connectivity index (χ0) is 12.8. The smallest absolute Gasteiger partial charge is 0.258 e. The number of ether oxygens (including phenoxy) is 1. The molecule has 0 aliphatic rings. The Kier molecular flexibility index (Phi) is 5.74. The van der Waals surface area contributed by atoms with E-state index in [0.717, 1.165) is 4.47 Å². The average molecular weight is 322 g/mol. The van der Waals surface area contributed by atoms with Crippen molar-refractivity contribution in [1.29, 1.82) is 0 Å². The molecule has 0 heterocycles. The van der Waals surface area contributed by atoms with Gasteiger partial charge in [0.05, 0.1) is 5.02 Å². The zero-order valence-electron chi connectivity index (χ0n) is 9.37. The lowest BCUT2D eigenvalue weighted by Crippen LogP contribution is -2.40. The van der Waals surface area contributed by atoms with E-state index in [1.807, 2.05) is 6.92 Å². The number of carbonyl (C=O) groups is 1. The fourth-order valence-corrected chi connectivity index (χ4v) is 1.84. The van der Waals surface area contributed by atoms with Gasteiger partial charge in [0.15, 0.2) is 6.61 Å². The molecule has 0 spiro atoms. The summed E-state index contributed by atoms with van der Waals surface area (Å²) in [7, 11) is 0. The normalized spacial score (nSPS) is 12.0. The molecule has 0 aliphatic heterocycles. The van der Waals surface area contributed by atoms with E-state index in [1.54, 1.807) is 18.2 Å². The SMILES string of the molecule is C[C@@H](CN)NC(=O)COc1ccc(Br)cc1Cl. The highest BCUT2D eigenvalue weighted by Gasteiger charge is 2.08. The molecule has 0 saturated heterocycles. The van der Waals surface area contributed by atoms with Crippen LogP contribution in [-0.4, -0.2) is 25.1 Å². The second kappa shape index (κ2) is 6.83. The molecular formula is C11H14BrClN2O2. The summed E-state index contributed by atoms with van der Waals surface area (Å²) in [6.45, 7) is 2.14. The Morgan fingerprint density at radius 1 is 1.65 bits per heavy atom. The van der Waals surface area contributed by atoms with Crippen molar-refractivity contribution in [3.05, 3.63) is 27.7 Å². The highest BCUT2D eigenvalue weighted by atomic mass is 79.9. The van der Waals surface area contributed by atoms with Gasteiger partial charge >= 0.3 is 0 Å². The number of halogens is 2. The summed E-state index contributed by atoms with van der Waals surface area (Å²) in [5, 5.41) is 3.15. The first-order chi connectivity index (χ1) is 8.02. The molecule has 0 fully saturated rings. The molecule has 4 nitrogen and oxygen atoms in total. The number of rotatable bonds is 5. The Hall–Kier alpha value is -0.780. The summed E-state index contributed by atoms with van der Waals surface area (Å²) in [6.07, 6.45) is 0. The summed E-state index contributed by atoms with van der Waals surface area (Å²) >= 11 is 9.22. The van der Waals surface area contributed by atoms with Crippen LogP contribution in [0, 0.1) is 0 Å². The van der Waals surface area contributed by atoms with Crippen molar-refractivity contribution in [3.63, 3.8) is 0 Å². The van der Waals surface area contributed by atoms with E-state index in [1.165, 1.54) is 0 Å². The molecule has 0 bridgehead atoms. The largest absolute Gasteiger partial charge is 0.482 e. The Balaban J connectivity index is 2.47. The monoisotopic (exact) mass is 320 g/mol. The molecule has 1 rings (SSSR count). The molecule has 0 unspecified atom stereocenters. The van der Waals surface area contributed by atoms with Gasteiger partial charge in [-0.3, -0.25) is 4.79 Å². The van der Waals surface area contributed by atoms with Crippen LogP contribution >= 0.6 is 27.5 Å². The highest BCUT2D eigenvalue weighted by Crippen LogP contribution is 2.27. The molecule has 0 aliphatic carbocycles. The topological polar surface area (TPSA) is 64.3 Å². The summed E-state index contributed by atoms with van der Waals surface area (Å²) in [4.78, 5) is 11.4. The second-order valence-corrected chi connectivity index (χ2v) is 4.89. The van der Waals surface area contributed by atoms with Crippen molar-refractivity contribution in [2.45, 2.75) is 13.0 Å². The van der Waals surface area contributed by atoms with Crippen LogP contribution in [0.3, 0.4) is 0 Å². The molecule has 0 aromatic heterocycles. The zero-order valence-corrected chi connectivity index (χ0v) is 11.7. The van der Waals surface area contributed by atoms with Gasteiger partial charge in [-0.1, -0.05) is 27.5 Å². The van der Waals surface area contributed by atoms with Crippen molar-refractivity contribution >= 4 is 33.4 Å². The fourth-order valence-electron chi connectivity index (χ4n) is 1.11. The van der Waals surface area contributed by atoms with Crippen LogP contribution < -0.4 is 15.8 Å². The third kappa shape index (κ3) is 4.93. The minimum Gasteiger partial charge on any atom is -0.482 e. The summed E-state index contributed by atoms with van der Waals surface area (Å²) in [6, 6.07) is 5.14. The van der Waals surface area contributed by atoms with Crippen LogP contribution in [0.5, 0.6) is 5.75 Å². The van der Waals surface area contributed by atoms with E-state index in [0.29, 0.717) is 17.3 Å². The number of hydrogen-bond acceptors (Lipinski definition) is 3. The van der Waals surface area contributed by atoms with Crippen LogP contribution in [0.25, 0.3) is 0 Å². The number of carbonyl (C=O) groups excluding carboxylic acids is 1. The molecule has 1 atom stereocenters. The fraction of sp³-hybridized carbons (Fsp3) is 0.364. The molecule has 1 aromatic rings. The highest BCUT2D eigenvalue weighted by molar-refractivity contribution is 9.10. The van der Waals surface area contributed by atoms with Gasteiger partial charge in [-0.15, -0.1) is 0 Å². The number of nitrogens with two attached hydrogens (primary N) is 1. The molecule has 94 valence electrons. The lowest BCUT2D eigenvalue weighted by Gasteiger charge is -2.12. The maximum absolute atomic E-state index is 11.4. The molecule has 17 heavy (non-hydrogen) atoms. The molecule has 3 N–H and O–H groups in total. The van der Waals surface area contributed by atoms with E-state index in [4.69, 9.17) is 22.1 Å². The maximum atomic E-state index is 11.4. The van der Waals surface area contributed by atoms with Crippen molar-refractivity contribution < 1.29 is 9.53 Å².